The number of nitrogens with zero attached hydrogens (tertiary/aromatic N) is 1. The van der Waals surface area contributed by atoms with E-state index in [-0.39, 0.29) is 29.5 Å². The lowest BCUT2D eigenvalue weighted by atomic mass is 9.85. The van der Waals surface area contributed by atoms with Crippen molar-refractivity contribution in [2.24, 2.45) is 5.92 Å². The van der Waals surface area contributed by atoms with E-state index in [2.05, 4.69) is 15.6 Å². The largest absolute Gasteiger partial charge is 0.506 e. The van der Waals surface area contributed by atoms with Gasteiger partial charge in [-0.25, -0.2) is 4.79 Å². The Kier molecular flexibility index (Phi) is 7.00. The van der Waals surface area contributed by atoms with Crippen LogP contribution < -0.4 is 10.6 Å². The molecule has 0 radical (unpaired) electrons. The normalized spacial score (nSPS) is 19.4. The Labute approximate surface area is 174 Å². The molecule has 30 heavy (non-hydrogen) atoms. The molecule has 1 fully saturated rings. The molecule has 1 aliphatic carbocycles. The second kappa shape index (κ2) is 9.87. The zero-order chi connectivity index (χ0) is 21.5. The lowest BCUT2D eigenvalue weighted by Crippen LogP contribution is -2.43. The van der Waals surface area contributed by atoms with Crippen LogP contribution in [0.25, 0.3) is 0 Å². The molecule has 0 unspecified atom stereocenters. The van der Waals surface area contributed by atoms with Gasteiger partial charge in [-0.05, 0) is 37.3 Å². The third kappa shape index (κ3) is 5.34. The van der Waals surface area contributed by atoms with Gasteiger partial charge in [0, 0.05) is 18.2 Å². The second-order valence-corrected chi connectivity index (χ2v) is 7.33. The summed E-state index contributed by atoms with van der Waals surface area (Å²) in [5, 5.41) is 15.2. The topological polar surface area (TPSA) is 118 Å². The van der Waals surface area contributed by atoms with Crippen molar-refractivity contribution in [3.63, 3.8) is 0 Å². The van der Waals surface area contributed by atoms with E-state index >= 15 is 0 Å². The van der Waals surface area contributed by atoms with Crippen LogP contribution in [0.15, 0.2) is 48.8 Å². The molecule has 1 atom stereocenters. The Morgan fingerprint density at radius 3 is 2.43 bits per heavy atom. The monoisotopic (exact) mass is 411 g/mol. The first-order valence-corrected chi connectivity index (χ1v) is 9.86. The predicted octanol–water partition coefficient (Wildman–Crippen LogP) is 2.11. The fraction of sp³-hybridized carbons (Fsp3) is 0.364. The lowest BCUT2D eigenvalue weighted by Gasteiger charge is -2.29. The van der Waals surface area contributed by atoms with Crippen molar-refractivity contribution in [2.75, 3.05) is 7.11 Å². The number of carbonyl (C=O) groups excluding carboxylic acids is 3. The van der Waals surface area contributed by atoms with Gasteiger partial charge in [-0.2, -0.15) is 0 Å². The van der Waals surface area contributed by atoms with E-state index in [4.69, 9.17) is 4.74 Å². The van der Waals surface area contributed by atoms with Crippen LogP contribution in [0.3, 0.4) is 0 Å². The Morgan fingerprint density at radius 1 is 1.10 bits per heavy atom. The summed E-state index contributed by atoms with van der Waals surface area (Å²) < 4.78 is 4.84. The number of aromatic hydroxyl groups is 1. The van der Waals surface area contributed by atoms with Crippen molar-refractivity contribution < 1.29 is 24.2 Å². The number of methoxy groups -OCH3 is 1. The maximum atomic E-state index is 12.7. The molecule has 2 aromatic rings. The molecule has 1 aromatic carbocycles. The third-order valence-corrected chi connectivity index (χ3v) is 5.28. The highest BCUT2D eigenvalue weighted by Gasteiger charge is 2.31. The van der Waals surface area contributed by atoms with Crippen LogP contribution in [-0.4, -0.2) is 41.0 Å². The summed E-state index contributed by atoms with van der Waals surface area (Å²) in [5.74, 6) is -1.33. The summed E-state index contributed by atoms with van der Waals surface area (Å²) in [6.07, 6.45) is 5.13. The maximum absolute atomic E-state index is 12.7. The van der Waals surface area contributed by atoms with Crippen molar-refractivity contribution in [3.8, 4) is 5.75 Å². The van der Waals surface area contributed by atoms with Gasteiger partial charge in [-0.1, -0.05) is 30.3 Å². The number of aromatic nitrogens is 1. The summed E-state index contributed by atoms with van der Waals surface area (Å²) in [7, 11) is 1.29. The number of ether oxygens (including phenoxy) is 1. The molecule has 8 nitrogen and oxygen atoms in total. The standard InChI is InChI=1S/C22H25N3O5/c1-30-22(29)19(14-5-3-2-4-6-14)25-20(27)15-7-9-17(10-8-15)24-21(28)16-11-18(26)13-23-12-16/h2-6,11-13,15,17,19,26H,7-10H2,1H3,(H,24,28)(H,25,27)/t15?,17?,19-/m0/s1. The number of benzene rings is 1. The minimum Gasteiger partial charge on any atom is -0.506 e. The fourth-order valence-corrected chi connectivity index (χ4v) is 3.62. The highest BCUT2D eigenvalue weighted by atomic mass is 16.5. The van der Waals surface area contributed by atoms with Crippen molar-refractivity contribution in [1.29, 1.82) is 0 Å². The molecule has 0 saturated heterocycles. The van der Waals surface area contributed by atoms with Crippen LogP contribution in [0.2, 0.25) is 0 Å². The average molecular weight is 411 g/mol. The van der Waals surface area contributed by atoms with Gasteiger partial charge in [0.25, 0.3) is 5.91 Å². The van der Waals surface area contributed by atoms with Gasteiger partial charge < -0.3 is 20.5 Å². The molecule has 3 N–H and O–H groups in total. The Morgan fingerprint density at radius 2 is 1.80 bits per heavy atom. The van der Waals surface area contributed by atoms with E-state index in [9.17, 15) is 19.5 Å². The number of nitrogens with one attached hydrogen (secondary N) is 2. The number of hydrogen-bond donors (Lipinski definition) is 3. The predicted molar refractivity (Wildman–Crippen MR) is 108 cm³/mol. The quantitative estimate of drug-likeness (QED) is 0.627. The van der Waals surface area contributed by atoms with Crippen LogP contribution in [0.5, 0.6) is 5.75 Å². The van der Waals surface area contributed by atoms with Crippen LogP contribution in [0.1, 0.15) is 47.6 Å². The molecule has 0 spiro atoms. The molecule has 0 aliphatic heterocycles. The highest BCUT2D eigenvalue weighted by molar-refractivity contribution is 5.94. The average Bonchev–Trinajstić information content (AvgIpc) is 2.78. The number of pyridine rings is 1. The van der Waals surface area contributed by atoms with Crippen molar-refractivity contribution >= 4 is 17.8 Å². The first-order chi connectivity index (χ1) is 14.5. The molecule has 3 rings (SSSR count). The van der Waals surface area contributed by atoms with Gasteiger partial charge >= 0.3 is 5.97 Å². The summed E-state index contributed by atoms with van der Waals surface area (Å²) in [4.78, 5) is 41.0. The van der Waals surface area contributed by atoms with Crippen LogP contribution in [0, 0.1) is 5.92 Å². The van der Waals surface area contributed by atoms with Crippen LogP contribution in [0.4, 0.5) is 0 Å². The van der Waals surface area contributed by atoms with Gasteiger partial charge in [0.2, 0.25) is 5.91 Å². The second-order valence-electron chi connectivity index (χ2n) is 7.33. The summed E-state index contributed by atoms with van der Waals surface area (Å²) >= 11 is 0. The Bertz CT molecular complexity index is 895. The van der Waals surface area contributed by atoms with Gasteiger partial charge in [-0.15, -0.1) is 0 Å². The van der Waals surface area contributed by atoms with Crippen molar-refractivity contribution in [2.45, 2.75) is 37.8 Å². The maximum Gasteiger partial charge on any atom is 0.333 e. The zero-order valence-electron chi connectivity index (χ0n) is 16.7. The molecule has 1 heterocycles. The van der Waals surface area contributed by atoms with E-state index in [0.717, 1.165) is 0 Å². The van der Waals surface area contributed by atoms with Gasteiger partial charge in [0.05, 0.1) is 18.9 Å². The summed E-state index contributed by atoms with van der Waals surface area (Å²) in [5.41, 5.74) is 0.956. The van der Waals surface area contributed by atoms with Gasteiger partial charge in [0.1, 0.15) is 5.75 Å². The number of rotatable bonds is 6. The molecule has 2 amide bonds. The fourth-order valence-electron chi connectivity index (χ4n) is 3.62. The molecule has 1 aromatic heterocycles. The minimum atomic E-state index is -0.848. The molecular weight excluding hydrogens is 386 g/mol. The Hall–Kier alpha value is -3.42. The molecule has 8 heteroatoms. The van der Waals surface area contributed by atoms with E-state index < -0.39 is 12.0 Å². The van der Waals surface area contributed by atoms with Crippen LogP contribution in [-0.2, 0) is 14.3 Å². The SMILES string of the molecule is COC(=O)[C@@H](NC(=O)C1CCC(NC(=O)c2cncc(O)c2)CC1)c1ccccc1. The van der Waals surface area contributed by atoms with Crippen LogP contribution >= 0.6 is 0 Å². The van der Waals surface area contributed by atoms with E-state index in [1.54, 1.807) is 24.3 Å². The molecule has 158 valence electrons. The first-order valence-electron chi connectivity index (χ1n) is 9.86. The number of amides is 2. The summed E-state index contributed by atoms with van der Waals surface area (Å²) in [6.45, 7) is 0. The molecule has 1 saturated carbocycles. The third-order valence-electron chi connectivity index (χ3n) is 5.28. The molecular formula is C22H25N3O5. The molecule has 1 aliphatic rings. The zero-order valence-corrected chi connectivity index (χ0v) is 16.7. The van der Waals surface area contributed by atoms with E-state index in [0.29, 0.717) is 36.8 Å². The minimum absolute atomic E-state index is 0.0607. The van der Waals surface area contributed by atoms with Crippen molar-refractivity contribution in [3.05, 3.63) is 59.9 Å². The molecule has 0 bridgehead atoms. The van der Waals surface area contributed by atoms with Gasteiger partial charge in [0.15, 0.2) is 6.04 Å². The number of esters is 1. The summed E-state index contributed by atoms with van der Waals surface area (Å²) in [6, 6.07) is 9.42. The smallest absolute Gasteiger partial charge is 0.333 e. The number of hydrogen-bond acceptors (Lipinski definition) is 6. The highest BCUT2D eigenvalue weighted by Crippen LogP contribution is 2.26. The lowest BCUT2D eigenvalue weighted by molar-refractivity contribution is -0.146. The number of carbonyl (C=O) groups is 3. The first kappa shape index (κ1) is 21.3. The Balaban J connectivity index is 1.54. The van der Waals surface area contributed by atoms with E-state index in [1.807, 2.05) is 6.07 Å². The van der Waals surface area contributed by atoms with E-state index in [1.165, 1.54) is 25.6 Å². The van der Waals surface area contributed by atoms with Crippen molar-refractivity contribution in [1.82, 2.24) is 15.6 Å². The van der Waals surface area contributed by atoms with Gasteiger partial charge in [-0.3, -0.25) is 14.6 Å².